The number of hydrogen-bond acceptors (Lipinski definition) is 1. The van der Waals surface area contributed by atoms with Gasteiger partial charge in [0.15, 0.2) is 0 Å². The van der Waals surface area contributed by atoms with Crippen molar-refractivity contribution >= 4 is 5.91 Å². The highest BCUT2D eigenvalue weighted by molar-refractivity contribution is 5.78. The number of nitrogens with one attached hydrogen (secondary N) is 1. The first-order valence-electron chi connectivity index (χ1n) is 2.75. The van der Waals surface area contributed by atoms with Crippen LogP contribution in [0.3, 0.4) is 0 Å². The summed E-state index contributed by atoms with van der Waals surface area (Å²) in [6.45, 7) is 2.02. The van der Waals surface area contributed by atoms with E-state index in [-0.39, 0.29) is 5.91 Å². The summed E-state index contributed by atoms with van der Waals surface area (Å²) >= 11 is 0. The van der Waals surface area contributed by atoms with Crippen molar-refractivity contribution in [2.45, 2.75) is 13.3 Å². The van der Waals surface area contributed by atoms with E-state index in [1.54, 1.807) is 6.20 Å². The van der Waals surface area contributed by atoms with Gasteiger partial charge in [0.1, 0.15) is 0 Å². The average molecular weight is 111 g/mol. The molecule has 2 nitrogen and oxygen atoms in total. The van der Waals surface area contributed by atoms with Gasteiger partial charge in [0.25, 0.3) is 0 Å². The van der Waals surface area contributed by atoms with E-state index in [4.69, 9.17) is 0 Å². The minimum absolute atomic E-state index is 0.125. The number of carbonyl (C=O) groups is 1. The van der Waals surface area contributed by atoms with Gasteiger partial charge in [-0.05, 0) is 12.1 Å². The van der Waals surface area contributed by atoms with Crippen molar-refractivity contribution in [3.05, 3.63) is 12.3 Å². The van der Waals surface area contributed by atoms with E-state index in [0.717, 1.165) is 0 Å². The lowest BCUT2D eigenvalue weighted by molar-refractivity contribution is -0.121. The van der Waals surface area contributed by atoms with Crippen molar-refractivity contribution in [1.82, 2.24) is 5.32 Å². The molecule has 1 heterocycles. The molecule has 1 rings (SSSR count). The van der Waals surface area contributed by atoms with Gasteiger partial charge in [-0.2, -0.15) is 0 Å². The Morgan fingerprint density at radius 2 is 2.62 bits per heavy atom. The van der Waals surface area contributed by atoms with E-state index in [2.05, 4.69) is 5.32 Å². The zero-order chi connectivity index (χ0) is 5.98. The Morgan fingerprint density at radius 1 is 1.88 bits per heavy atom. The molecule has 0 bridgehead atoms. The Bertz CT molecular complexity index is 128. The molecule has 1 atom stereocenters. The largest absolute Gasteiger partial charge is 0.333 e. The first kappa shape index (κ1) is 5.35. The zero-order valence-electron chi connectivity index (χ0n) is 4.85. The lowest BCUT2D eigenvalue weighted by atomic mass is 10.1. The van der Waals surface area contributed by atoms with Gasteiger partial charge in [-0.15, -0.1) is 0 Å². The Labute approximate surface area is 48.6 Å². The number of amides is 1. The van der Waals surface area contributed by atoms with E-state index in [9.17, 15) is 4.79 Å². The van der Waals surface area contributed by atoms with Crippen LogP contribution in [0, 0.1) is 5.92 Å². The highest BCUT2D eigenvalue weighted by Gasteiger charge is 2.07. The fourth-order valence-corrected chi connectivity index (χ4v) is 0.725. The summed E-state index contributed by atoms with van der Waals surface area (Å²) in [4.78, 5) is 10.5. The molecule has 2 heteroatoms. The van der Waals surface area contributed by atoms with Gasteiger partial charge in [0.2, 0.25) is 5.91 Å². The fourth-order valence-electron chi connectivity index (χ4n) is 0.725. The zero-order valence-corrected chi connectivity index (χ0v) is 4.85. The maximum atomic E-state index is 10.5. The minimum Gasteiger partial charge on any atom is -0.333 e. The van der Waals surface area contributed by atoms with Gasteiger partial charge in [0, 0.05) is 6.42 Å². The molecule has 0 saturated carbocycles. The number of rotatable bonds is 0. The molecule has 8 heavy (non-hydrogen) atoms. The minimum atomic E-state index is 0.125. The fraction of sp³-hybridized carbons (Fsp3) is 0.500. The van der Waals surface area contributed by atoms with Gasteiger partial charge >= 0.3 is 0 Å². The second-order valence-electron chi connectivity index (χ2n) is 2.11. The van der Waals surface area contributed by atoms with Crippen LogP contribution in [0.4, 0.5) is 0 Å². The van der Waals surface area contributed by atoms with Crippen LogP contribution >= 0.6 is 0 Å². The van der Waals surface area contributed by atoms with Gasteiger partial charge in [-0.3, -0.25) is 4.79 Å². The van der Waals surface area contributed by atoms with Crippen molar-refractivity contribution in [1.29, 1.82) is 0 Å². The van der Waals surface area contributed by atoms with Gasteiger partial charge in [-0.1, -0.05) is 13.0 Å². The summed E-state index contributed by atoms with van der Waals surface area (Å²) in [6, 6.07) is 0. The molecule has 1 unspecified atom stereocenters. The molecule has 1 amide bonds. The summed E-state index contributed by atoms with van der Waals surface area (Å²) in [6.07, 6.45) is 4.33. The Kier molecular flexibility index (Phi) is 1.33. The predicted octanol–water partition coefficient (Wildman–Crippen LogP) is 0.656. The molecule has 44 valence electrons. The van der Waals surface area contributed by atoms with Crippen molar-refractivity contribution in [2.75, 3.05) is 0 Å². The van der Waals surface area contributed by atoms with Crippen LogP contribution in [0.25, 0.3) is 0 Å². The molecule has 1 aliphatic heterocycles. The molecule has 1 N–H and O–H groups in total. The van der Waals surface area contributed by atoms with Crippen LogP contribution in [-0.2, 0) is 4.79 Å². The normalized spacial score (nSPS) is 27.6. The monoisotopic (exact) mass is 111 g/mol. The first-order chi connectivity index (χ1) is 3.79. The number of carbonyl (C=O) groups excluding carboxylic acids is 1. The predicted molar refractivity (Wildman–Crippen MR) is 31.1 cm³/mol. The van der Waals surface area contributed by atoms with Crippen LogP contribution in [-0.4, -0.2) is 5.91 Å². The highest BCUT2D eigenvalue weighted by Crippen LogP contribution is 2.05. The summed E-state index contributed by atoms with van der Waals surface area (Å²) in [7, 11) is 0. The lowest BCUT2D eigenvalue weighted by Gasteiger charge is -2.09. The maximum absolute atomic E-state index is 10.5. The Morgan fingerprint density at radius 3 is 3.00 bits per heavy atom. The number of allylic oxidation sites excluding steroid dienone is 1. The van der Waals surface area contributed by atoms with Crippen molar-refractivity contribution < 1.29 is 4.79 Å². The van der Waals surface area contributed by atoms with E-state index >= 15 is 0 Å². The Balaban J connectivity index is 2.54. The molecule has 0 aromatic rings. The summed E-state index contributed by atoms with van der Waals surface area (Å²) in [5, 5.41) is 2.59. The van der Waals surface area contributed by atoms with E-state index in [0.29, 0.717) is 12.3 Å². The van der Waals surface area contributed by atoms with Crippen LogP contribution in [0.1, 0.15) is 13.3 Å². The summed E-state index contributed by atoms with van der Waals surface area (Å²) in [5.41, 5.74) is 0. The quantitative estimate of drug-likeness (QED) is 0.488. The van der Waals surface area contributed by atoms with Crippen LogP contribution in [0.5, 0.6) is 0 Å². The first-order valence-corrected chi connectivity index (χ1v) is 2.75. The van der Waals surface area contributed by atoms with Gasteiger partial charge in [0.05, 0.1) is 0 Å². The standard InChI is InChI=1S/C6H9NO/c1-5-2-3-7-6(8)4-5/h2-3,5H,4H2,1H3,(H,7,8). The van der Waals surface area contributed by atoms with Crippen LogP contribution in [0.15, 0.2) is 12.3 Å². The molecular formula is C6H9NO. The third-order valence-electron chi connectivity index (χ3n) is 1.18. The topological polar surface area (TPSA) is 29.1 Å². The number of hydrogen-bond donors (Lipinski definition) is 1. The van der Waals surface area contributed by atoms with E-state index in [1.165, 1.54) is 0 Å². The maximum Gasteiger partial charge on any atom is 0.224 e. The summed E-state index contributed by atoms with van der Waals surface area (Å²) in [5.74, 6) is 0.545. The smallest absolute Gasteiger partial charge is 0.224 e. The second kappa shape index (κ2) is 1.99. The van der Waals surface area contributed by atoms with Crippen LogP contribution in [0.2, 0.25) is 0 Å². The molecule has 0 aliphatic carbocycles. The van der Waals surface area contributed by atoms with Crippen LogP contribution < -0.4 is 5.32 Å². The second-order valence-corrected chi connectivity index (χ2v) is 2.11. The van der Waals surface area contributed by atoms with Crippen molar-refractivity contribution in [3.8, 4) is 0 Å². The molecule has 0 fully saturated rings. The van der Waals surface area contributed by atoms with E-state index in [1.807, 2.05) is 13.0 Å². The van der Waals surface area contributed by atoms with Crippen molar-refractivity contribution in [3.63, 3.8) is 0 Å². The molecule has 0 spiro atoms. The Hall–Kier alpha value is -0.790. The third kappa shape index (κ3) is 1.09. The van der Waals surface area contributed by atoms with Gasteiger partial charge < -0.3 is 5.32 Å². The lowest BCUT2D eigenvalue weighted by Crippen LogP contribution is -2.22. The molecule has 0 radical (unpaired) electrons. The highest BCUT2D eigenvalue weighted by atomic mass is 16.1. The molecule has 1 aliphatic rings. The SMILES string of the molecule is CC1C=CNC(=O)C1. The molecule has 0 saturated heterocycles. The molecular weight excluding hydrogens is 102 g/mol. The summed E-state index contributed by atoms with van der Waals surface area (Å²) < 4.78 is 0. The molecule has 0 aromatic carbocycles. The molecule has 0 aromatic heterocycles. The average Bonchev–Trinajstić information content (AvgIpc) is 1.64. The van der Waals surface area contributed by atoms with E-state index < -0.39 is 0 Å². The third-order valence-corrected chi connectivity index (χ3v) is 1.18. The van der Waals surface area contributed by atoms with Crippen molar-refractivity contribution in [2.24, 2.45) is 5.92 Å². The van der Waals surface area contributed by atoms with Gasteiger partial charge in [-0.25, -0.2) is 0 Å².